The molecular formula is C16H17NO. The Morgan fingerprint density at radius 3 is 2.50 bits per heavy atom. The highest BCUT2D eigenvalue weighted by Crippen LogP contribution is 2.23. The Kier molecular flexibility index (Phi) is 3.29. The van der Waals surface area contributed by atoms with E-state index in [9.17, 15) is 0 Å². The third kappa shape index (κ3) is 3.11. The molecule has 0 aliphatic heterocycles. The van der Waals surface area contributed by atoms with Crippen LogP contribution >= 0.6 is 0 Å². The zero-order valence-electron chi connectivity index (χ0n) is 10.3. The van der Waals surface area contributed by atoms with Crippen molar-refractivity contribution in [1.29, 1.82) is 0 Å². The summed E-state index contributed by atoms with van der Waals surface area (Å²) in [6.07, 6.45) is 2.64. The summed E-state index contributed by atoms with van der Waals surface area (Å²) in [4.78, 5) is 0. The van der Waals surface area contributed by atoms with Crippen molar-refractivity contribution in [2.24, 2.45) is 0 Å². The molecule has 0 amide bonds. The quantitative estimate of drug-likeness (QED) is 0.858. The lowest BCUT2D eigenvalue weighted by Crippen LogP contribution is -2.15. The topological polar surface area (TPSA) is 21.3 Å². The van der Waals surface area contributed by atoms with Crippen LogP contribution in [0.3, 0.4) is 0 Å². The molecule has 0 unspecified atom stereocenters. The third-order valence-electron chi connectivity index (χ3n) is 3.05. The summed E-state index contributed by atoms with van der Waals surface area (Å²) in [5.41, 5.74) is 1.27. The Morgan fingerprint density at radius 1 is 0.944 bits per heavy atom. The Labute approximate surface area is 108 Å². The summed E-state index contributed by atoms with van der Waals surface area (Å²) >= 11 is 0. The lowest BCUT2D eigenvalue weighted by Gasteiger charge is -2.08. The van der Waals surface area contributed by atoms with Crippen molar-refractivity contribution in [3.63, 3.8) is 0 Å². The van der Waals surface area contributed by atoms with Gasteiger partial charge in [-0.25, -0.2) is 0 Å². The van der Waals surface area contributed by atoms with Crippen molar-refractivity contribution in [2.45, 2.75) is 25.4 Å². The number of rotatable bonds is 5. The number of nitrogens with one attached hydrogen (secondary N) is 1. The molecule has 0 atom stereocenters. The molecule has 0 saturated heterocycles. The van der Waals surface area contributed by atoms with Gasteiger partial charge in [0.1, 0.15) is 11.5 Å². The minimum absolute atomic E-state index is 0.740. The van der Waals surface area contributed by atoms with Crippen LogP contribution in [0.15, 0.2) is 54.6 Å². The van der Waals surface area contributed by atoms with E-state index < -0.39 is 0 Å². The van der Waals surface area contributed by atoms with Gasteiger partial charge in [0, 0.05) is 12.6 Å². The van der Waals surface area contributed by atoms with Crippen LogP contribution in [0, 0.1) is 0 Å². The van der Waals surface area contributed by atoms with E-state index >= 15 is 0 Å². The van der Waals surface area contributed by atoms with Crippen molar-refractivity contribution in [2.75, 3.05) is 0 Å². The molecule has 0 heterocycles. The lowest BCUT2D eigenvalue weighted by atomic mass is 10.2. The molecule has 0 aromatic heterocycles. The first-order chi connectivity index (χ1) is 8.90. The molecule has 0 radical (unpaired) electrons. The number of ether oxygens (including phenoxy) is 1. The molecule has 0 bridgehead atoms. The highest BCUT2D eigenvalue weighted by Gasteiger charge is 2.19. The average Bonchev–Trinajstić information content (AvgIpc) is 3.22. The van der Waals surface area contributed by atoms with Gasteiger partial charge in [0.2, 0.25) is 0 Å². The highest BCUT2D eigenvalue weighted by atomic mass is 16.5. The van der Waals surface area contributed by atoms with E-state index in [1.165, 1.54) is 18.4 Å². The predicted molar refractivity (Wildman–Crippen MR) is 72.8 cm³/mol. The Balaban J connectivity index is 1.66. The van der Waals surface area contributed by atoms with Gasteiger partial charge in [0.15, 0.2) is 0 Å². The van der Waals surface area contributed by atoms with E-state index in [2.05, 4.69) is 17.4 Å². The van der Waals surface area contributed by atoms with Gasteiger partial charge in [-0.15, -0.1) is 0 Å². The van der Waals surface area contributed by atoms with E-state index in [0.29, 0.717) is 0 Å². The minimum Gasteiger partial charge on any atom is -0.457 e. The predicted octanol–water partition coefficient (Wildman–Crippen LogP) is 3.73. The molecule has 18 heavy (non-hydrogen) atoms. The largest absolute Gasteiger partial charge is 0.457 e. The molecule has 1 saturated carbocycles. The van der Waals surface area contributed by atoms with Gasteiger partial charge in [0.25, 0.3) is 0 Å². The third-order valence-corrected chi connectivity index (χ3v) is 3.05. The van der Waals surface area contributed by atoms with Crippen LogP contribution in [-0.2, 0) is 6.54 Å². The second kappa shape index (κ2) is 5.23. The summed E-state index contributed by atoms with van der Waals surface area (Å²) in [5.74, 6) is 1.78. The van der Waals surface area contributed by atoms with E-state index in [-0.39, 0.29) is 0 Å². The van der Waals surface area contributed by atoms with E-state index in [4.69, 9.17) is 4.74 Å². The fourth-order valence-electron chi connectivity index (χ4n) is 1.89. The normalized spacial score (nSPS) is 14.4. The number of benzene rings is 2. The number of para-hydroxylation sites is 1. The number of hydrogen-bond acceptors (Lipinski definition) is 2. The van der Waals surface area contributed by atoms with E-state index in [1.54, 1.807) is 0 Å². The molecule has 2 aromatic rings. The first kappa shape index (κ1) is 11.3. The van der Waals surface area contributed by atoms with E-state index in [0.717, 1.165) is 24.1 Å². The Hall–Kier alpha value is -1.80. The van der Waals surface area contributed by atoms with E-state index in [1.807, 2.05) is 42.5 Å². The number of hydrogen-bond donors (Lipinski definition) is 1. The van der Waals surface area contributed by atoms with Crippen molar-refractivity contribution >= 4 is 0 Å². The molecule has 2 aromatic carbocycles. The molecule has 3 rings (SSSR count). The Morgan fingerprint density at radius 2 is 1.72 bits per heavy atom. The first-order valence-electron chi connectivity index (χ1n) is 6.45. The molecule has 0 spiro atoms. The van der Waals surface area contributed by atoms with Gasteiger partial charge >= 0.3 is 0 Å². The zero-order chi connectivity index (χ0) is 12.2. The summed E-state index contributed by atoms with van der Waals surface area (Å²) in [7, 11) is 0. The maximum absolute atomic E-state index is 5.81. The van der Waals surface area contributed by atoms with Crippen LogP contribution < -0.4 is 10.1 Å². The van der Waals surface area contributed by atoms with Crippen LogP contribution in [0.2, 0.25) is 0 Å². The van der Waals surface area contributed by atoms with Gasteiger partial charge in [-0.3, -0.25) is 0 Å². The zero-order valence-corrected chi connectivity index (χ0v) is 10.3. The summed E-state index contributed by atoms with van der Waals surface area (Å²) in [6.45, 7) is 0.927. The molecule has 1 N–H and O–H groups in total. The van der Waals surface area contributed by atoms with Crippen molar-refractivity contribution < 1.29 is 4.74 Å². The fourth-order valence-corrected chi connectivity index (χ4v) is 1.89. The van der Waals surface area contributed by atoms with Crippen LogP contribution in [0.5, 0.6) is 11.5 Å². The minimum atomic E-state index is 0.740. The van der Waals surface area contributed by atoms with Crippen LogP contribution in [0.25, 0.3) is 0 Å². The van der Waals surface area contributed by atoms with Crippen LogP contribution in [0.4, 0.5) is 0 Å². The summed E-state index contributed by atoms with van der Waals surface area (Å²) in [5, 5.41) is 3.51. The summed E-state index contributed by atoms with van der Waals surface area (Å²) in [6, 6.07) is 18.9. The second-order valence-corrected chi connectivity index (χ2v) is 4.72. The standard InChI is InChI=1S/C16H17NO/c1-2-6-15(7-3-1)18-16-8-4-5-13(11-16)12-17-14-9-10-14/h1-8,11,14,17H,9-10,12H2. The lowest BCUT2D eigenvalue weighted by molar-refractivity contribution is 0.481. The maximum atomic E-state index is 5.81. The highest BCUT2D eigenvalue weighted by molar-refractivity contribution is 5.33. The van der Waals surface area contributed by atoms with Gasteiger partial charge in [-0.1, -0.05) is 30.3 Å². The maximum Gasteiger partial charge on any atom is 0.127 e. The monoisotopic (exact) mass is 239 g/mol. The van der Waals surface area contributed by atoms with Crippen molar-refractivity contribution in [1.82, 2.24) is 5.32 Å². The molecule has 92 valence electrons. The smallest absolute Gasteiger partial charge is 0.127 e. The van der Waals surface area contributed by atoms with Gasteiger partial charge < -0.3 is 10.1 Å². The first-order valence-corrected chi connectivity index (χ1v) is 6.45. The van der Waals surface area contributed by atoms with Gasteiger partial charge in [-0.2, -0.15) is 0 Å². The van der Waals surface area contributed by atoms with Crippen LogP contribution in [0.1, 0.15) is 18.4 Å². The van der Waals surface area contributed by atoms with Crippen molar-refractivity contribution in [3.05, 3.63) is 60.2 Å². The van der Waals surface area contributed by atoms with Gasteiger partial charge in [-0.05, 0) is 42.7 Å². The Bertz CT molecular complexity index is 506. The van der Waals surface area contributed by atoms with Crippen LogP contribution in [-0.4, -0.2) is 6.04 Å². The SMILES string of the molecule is c1ccc(Oc2cccc(CNC3CC3)c2)cc1. The molecule has 1 aliphatic carbocycles. The van der Waals surface area contributed by atoms with Gasteiger partial charge in [0.05, 0.1) is 0 Å². The molecule has 2 heteroatoms. The second-order valence-electron chi connectivity index (χ2n) is 4.72. The summed E-state index contributed by atoms with van der Waals surface area (Å²) < 4.78 is 5.81. The van der Waals surface area contributed by atoms with Crippen molar-refractivity contribution in [3.8, 4) is 11.5 Å². The molecular weight excluding hydrogens is 222 g/mol. The average molecular weight is 239 g/mol. The molecule has 1 aliphatic rings. The molecule has 2 nitrogen and oxygen atoms in total. The fraction of sp³-hybridized carbons (Fsp3) is 0.250. The molecule has 1 fully saturated rings.